The number of ether oxygens (including phenoxy) is 1. The Morgan fingerprint density at radius 3 is 2.54 bits per heavy atom. The summed E-state index contributed by atoms with van der Waals surface area (Å²) in [6.07, 6.45) is 3.01. The van der Waals surface area contributed by atoms with Crippen molar-refractivity contribution in [2.45, 2.75) is 57.2 Å². The van der Waals surface area contributed by atoms with Gasteiger partial charge in [0.1, 0.15) is 12.1 Å². The number of benzene rings is 1. The summed E-state index contributed by atoms with van der Waals surface area (Å²) in [5.41, 5.74) is -0.627. The molecule has 2 aliphatic rings. The first-order valence-corrected chi connectivity index (χ1v) is 9.51. The van der Waals surface area contributed by atoms with Crippen molar-refractivity contribution >= 4 is 23.8 Å². The molecule has 0 unspecified atom stereocenters. The molecule has 0 aromatic heterocycles. The van der Waals surface area contributed by atoms with Gasteiger partial charge in [0.25, 0.3) is 11.8 Å². The molecule has 2 fully saturated rings. The zero-order valence-electron chi connectivity index (χ0n) is 16.1. The lowest BCUT2D eigenvalue weighted by Gasteiger charge is -2.22. The standard InChI is InChI=1S/C20H25N3O5/c1-13(17(25)21-15-10-6-7-11-15)28-16(24)12-23-18(26)20(2,22-19(23)27)14-8-4-3-5-9-14/h3-5,8-9,13,15H,6-7,10-12H2,1-2H3,(H,21,25)(H,22,27)/t13-,20+/m1/s1. The number of nitrogens with zero attached hydrogens (tertiary/aromatic N) is 1. The number of hydrogen-bond acceptors (Lipinski definition) is 5. The molecule has 1 saturated heterocycles. The van der Waals surface area contributed by atoms with E-state index in [0.29, 0.717) is 5.56 Å². The maximum Gasteiger partial charge on any atom is 0.327 e. The van der Waals surface area contributed by atoms with Crippen LogP contribution in [0.3, 0.4) is 0 Å². The van der Waals surface area contributed by atoms with Gasteiger partial charge in [0.05, 0.1) is 0 Å². The predicted molar refractivity (Wildman–Crippen MR) is 100.0 cm³/mol. The van der Waals surface area contributed by atoms with Crippen LogP contribution in [-0.4, -0.2) is 47.4 Å². The van der Waals surface area contributed by atoms with Crippen LogP contribution in [0.15, 0.2) is 30.3 Å². The van der Waals surface area contributed by atoms with Gasteiger partial charge in [-0.2, -0.15) is 0 Å². The average molecular weight is 387 g/mol. The number of carbonyl (C=O) groups is 4. The Hall–Kier alpha value is -2.90. The van der Waals surface area contributed by atoms with Crippen LogP contribution < -0.4 is 10.6 Å². The zero-order valence-corrected chi connectivity index (χ0v) is 16.1. The summed E-state index contributed by atoms with van der Waals surface area (Å²) in [5.74, 6) is -1.72. The molecule has 1 aromatic rings. The normalized spacial score (nSPS) is 23.4. The van der Waals surface area contributed by atoms with Crippen LogP contribution in [-0.2, 0) is 24.7 Å². The van der Waals surface area contributed by atoms with Crippen LogP contribution in [0.2, 0.25) is 0 Å². The lowest BCUT2D eigenvalue weighted by molar-refractivity contribution is -0.156. The van der Waals surface area contributed by atoms with Gasteiger partial charge in [-0.1, -0.05) is 43.2 Å². The number of hydrogen-bond donors (Lipinski definition) is 2. The highest BCUT2D eigenvalue weighted by molar-refractivity contribution is 6.08. The van der Waals surface area contributed by atoms with Gasteiger partial charge in [0.15, 0.2) is 6.10 Å². The third kappa shape index (κ3) is 4.00. The maximum absolute atomic E-state index is 12.8. The minimum atomic E-state index is -1.25. The SMILES string of the molecule is C[C@@H](OC(=O)CN1C(=O)N[C@@](C)(c2ccccc2)C1=O)C(=O)NC1CCCC1. The Labute approximate surface area is 163 Å². The molecule has 2 N–H and O–H groups in total. The molecular formula is C20H25N3O5. The smallest absolute Gasteiger partial charge is 0.327 e. The number of esters is 1. The topological polar surface area (TPSA) is 105 Å². The molecule has 0 bridgehead atoms. The van der Waals surface area contributed by atoms with Crippen LogP contribution in [0, 0.1) is 0 Å². The molecular weight excluding hydrogens is 362 g/mol. The summed E-state index contributed by atoms with van der Waals surface area (Å²) in [6, 6.07) is 8.25. The van der Waals surface area contributed by atoms with Gasteiger partial charge in [0, 0.05) is 6.04 Å². The quantitative estimate of drug-likeness (QED) is 0.568. The van der Waals surface area contributed by atoms with E-state index in [-0.39, 0.29) is 11.9 Å². The number of urea groups is 1. The monoisotopic (exact) mass is 387 g/mol. The van der Waals surface area contributed by atoms with E-state index in [1.54, 1.807) is 37.3 Å². The minimum absolute atomic E-state index is 0.117. The van der Waals surface area contributed by atoms with E-state index in [4.69, 9.17) is 4.74 Å². The van der Waals surface area contributed by atoms with Gasteiger partial charge in [-0.25, -0.2) is 4.79 Å². The van der Waals surface area contributed by atoms with Crippen molar-refractivity contribution < 1.29 is 23.9 Å². The fraction of sp³-hybridized carbons (Fsp3) is 0.500. The highest BCUT2D eigenvalue weighted by Crippen LogP contribution is 2.28. The predicted octanol–water partition coefficient (Wildman–Crippen LogP) is 1.44. The molecule has 1 heterocycles. The van der Waals surface area contributed by atoms with Crippen LogP contribution in [0.1, 0.15) is 45.1 Å². The Bertz CT molecular complexity index is 775. The molecule has 28 heavy (non-hydrogen) atoms. The van der Waals surface area contributed by atoms with Crippen LogP contribution in [0.4, 0.5) is 4.79 Å². The molecule has 4 amide bonds. The number of nitrogens with one attached hydrogen (secondary N) is 2. The largest absolute Gasteiger partial charge is 0.451 e. The number of carbonyl (C=O) groups excluding carboxylic acids is 4. The van der Waals surface area contributed by atoms with Gasteiger partial charge >= 0.3 is 12.0 Å². The maximum atomic E-state index is 12.8. The first-order valence-electron chi connectivity index (χ1n) is 9.51. The average Bonchev–Trinajstić information content (AvgIpc) is 3.25. The lowest BCUT2D eigenvalue weighted by atomic mass is 9.92. The second kappa shape index (κ2) is 8.00. The molecule has 8 heteroatoms. The number of imide groups is 1. The van der Waals surface area contributed by atoms with Crippen molar-refractivity contribution in [2.24, 2.45) is 0 Å². The summed E-state index contributed by atoms with van der Waals surface area (Å²) < 4.78 is 5.13. The Morgan fingerprint density at radius 1 is 1.25 bits per heavy atom. The highest BCUT2D eigenvalue weighted by atomic mass is 16.5. The van der Waals surface area contributed by atoms with Crippen LogP contribution in [0.25, 0.3) is 0 Å². The molecule has 2 atom stereocenters. The van der Waals surface area contributed by atoms with Crippen molar-refractivity contribution in [3.63, 3.8) is 0 Å². The van der Waals surface area contributed by atoms with Gasteiger partial charge < -0.3 is 15.4 Å². The van der Waals surface area contributed by atoms with Crippen molar-refractivity contribution in [1.82, 2.24) is 15.5 Å². The molecule has 1 saturated carbocycles. The molecule has 0 spiro atoms. The second-order valence-electron chi connectivity index (χ2n) is 7.43. The second-order valence-corrected chi connectivity index (χ2v) is 7.43. The molecule has 1 aliphatic heterocycles. The summed E-state index contributed by atoms with van der Waals surface area (Å²) in [7, 11) is 0. The van der Waals surface area contributed by atoms with Gasteiger partial charge in [-0.15, -0.1) is 0 Å². The molecule has 1 aromatic carbocycles. The van der Waals surface area contributed by atoms with Gasteiger partial charge in [0.2, 0.25) is 0 Å². The minimum Gasteiger partial charge on any atom is -0.451 e. The van der Waals surface area contributed by atoms with Crippen LogP contribution >= 0.6 is 0 Å². The summed E-state index contributed by atoms with van der Waals surface area (Å²) in [4.78, 5) is 50.2. The fourth-order valence-corrected chi connectivity index (χ4v) is 3.61. The Morgan fingerprint density at radius 2 is 1.89 bits per heavy atom. The van der Waals surface area contributed by atoms with E-state index in [0.717, 1.165) is 30.6 Å². The zero-order chi connectivity index (χ0) is 20.3. The third-order valence-electron chi connectivity index (χ3n) is 5.29. The number of rotatable bonds is 6. The van der Waals surface area contributed by atoms with Crippen molar-refractivity contribution in [3.8, 4) is 0 Å². The van der Waals surface area contributed by atoms with Gasteiger partial charge in [-0.3, -0.25) is 19.3 Å². The van der Waals surface area contributed by atoms with Crippen molar-refractivity contribution in [1.29, 1.82) is 0 Å². The van der Waals surface area contributed by atoms with E-state index in [9.17, 15) is 19.2 Å². The number of amides is 4. The molecule has 1 aliphatic carbocycles. The summed E-state index contributed by atoms with van der Waals surface area (Å²) >= 11 is 0. The van der Waals surface area contributed by atoms with E-state index in [1.165, 1.54) is 6.92 Å². The molecule has 8 nitrogen and oxygen atoms in total. The fourth-order valence-electron chi connectivity index (χ4n) is 3.61. The third-order valence-corrected chi connectivity index (χ3v) is 5.29. The highest BCUT2D eigenvalue weighted by Gasteiger charge is 2.49. The Kier molecular flexibility index (Phi) is 5.67. The van der Waals surface area contributed by atoms with E-state index in [2.05, 4.69) is 10.6 Å². The molecule has 3 rings (SSSR count). The van der Waals surface area contributed by atoms with Gasteiger partial charge in [-0.05, 0) is 32.3 Å². The van der Waals surface area contributed by atoms with Crippen LogP contribution in [0.5, 0.6) is 0 Å². The summed E-state index contributed by atoms with van der Waals surface area (Å²) in [5, 5.41) is 5.48. The van der Waals surface area contributed by atoms with E-state index >= 15 is 0 Å². The van der Waals surface area contributed by atoms with Crippen molar-refractivity contribution in [3.05, 3.63) is 35.9 Å². The molecule has 150 valence electrons. The van der Waals surface area contributed by atoms with Crippen molar-refractivity contribution in [2.75, 3.05) is 6.54 Å². The molecule has 0 radical (unpaired) electrons. The Balaban J connectivity index is 1.58. The van der Waals surface area contributed by atoms with E-state index in [1.807, 2.05) is 0 Å². The first-order chi connectivity index (χ1) is 13.3. The first kappa shape index (κ1) is 19.9. The van der Waals surface area contributed by atoms with E-state index < -0.39 is 36.1 Å². The lowest BCUT2D eigenvalue weighted by Crippen LogP contribution is -2.44. The summed E-state index contributed by atoms with van der Waals surface area (Å²) in [6.45, 7) is 2.52.